The van der Waals surface area contributed by atoms with Crippen LogP contribution in [0.3, 0.4) is 0 Å². The van der Waals surface area contributed by atoms with E-state index in [2.05, 4.69) is 45.2 Å². The molecule has 0 aromatic heterocycles. The third-order valence-corrected chi connectivity index (χ3v) is 8.39. The molecule has 0 spiro atoms. The molecule has 7 heteroatoms. The predicted octanol–water partition coefficient (Wildman–Crippen LogP) is 6.88. The van der Waals surface area contributed by atoms with Crippen molar-refractivity contribution in [3.63, 3.8) is 0 Å². The maximum Gasteiger partial charge on any atom is 0.322 e. The Morgan fingerprint density at radius 2 is 1.86 bits per heavy atom. The number of nitrogens with one attached hydrogen (secondary N) is 1. The first-order valence-corrected chi connectivity index (χ1v) is 15.9. The molecule has 1 saturated carbocycles. The smallest absolute Gasteiger partial charge is 0.322 e. The number of methoxy groups -OCH3 is 1. The lowest BCUT2D eigenvalue weighted by molar-refractivity contribution is 0.0649. The predicted molar refractivity (Wildman–Crippen MR) is 146 cm³/mol. The van der Waals surface area contributed by atoms with Gasteiger partial charge in [-0.05, 0) is 86.0 Å². The summed E-state index contributed by atoms with van der Waals surface area (Å²) < 4.78 is 11.8. The van der Waals surface area contributed by atoms with Gasteiger partial charge in [0.15, 0.2) is 9.04 Å². The highest BCUT2D eigenvalue weighted by molar-refractivity contribution is 6.48. The average Bonchev–Trinajstić information content (AvgIpc) is 3.64. The summed E-state index contributed by atoms with van der Waals surface area (Å²) in [6.45, 7) is 11.7. The van der Waals surface area contributed by atoms with Crippen molar-refractivity contribution in [2.75, 3.05) is 12.0 Å². The number of urea groups is 1. The van der Waals surface area contributed by atoms with Crippen LogP contribution in [0.15, 0.2) is 42.5 Å². The van der Waals surface area contributed by atoms with Gasteiger partial charge in [-0.25, -0.2) is 4.79 Å². The Balaban J connectivity index is 1.68. The van der Waals surface area contributed by atoms with Crippen molar-refractivity contribution in [2.45, 2.75) is 77.7 Å². The fourth-order valence-corrected chi connectivity index (χ4v) is 6.67. The first kappa shape index (κ1) is 26.1. The molecule has 4 rings (SSSR count). The van der Waals surface area contributed by atoms with Gasteiger partial charge in [0, 0.05) is 16.7 Å². The van der Waals surface area contributed by atoms with Gasteiger partial charge >= 0.3 is 6.03 Å². The molecule has 5 nitrogen and oxygen atoms in total. The van der Waals surface area contributed by atoms with Crippen LogP contribution < -0.4 is 15.0 Å². The Hall–Kier alpha value is -2.02. The summed E-state index contributed by atoms with van der Waals surface area (Å²) in [5.74, 6) is 1.22. The van der Waals surface area contributed by atoms with Crippen molar-refractivity contribution in [3.8, 4) is 5.75 Å². The summed E-state index contributed by atoms with van der Waals surface area (Å²) in [7, 11) is 0.452. The van der Waals surface area contributed by atoms with Gasteiger partial charge in [0.05, 0.1) is 24.9 Å². The molecule has 1 aliphatic heterocycles. The van der Waals surface area contributed by atoms with E-state index in [1.807, 2.05) is 41.3 Å². The maximum atomic E-state index is 13.7. The molecule has 1 heterocycles. The first-order chi connectivity index (χ1) is 16.5. The Morgan fingerprint density at radius 1 is 1.17 bits per heavy atom. The van der Waals surface area contributed by atoms with Crippen LogP contribution >= 0.6 is 11.6 Å². The quantitative estimate of drug-likeness (QED) is 0.371. The summed E-state index contributed by atoms with van der Waals surface area (Å²) in [6, 6.07) is 13.8. The Kier molecular flexibility index (Phi) is 7.56. The number of fused-ring (bicyclic) bond motifs is 1. The minimum absolute atomic E-state index is 0.0399. The van der Waals surface area contributed by atoms with Crippen LogP contribution in [0.5, 0.6) is 5.75 Å². The second-order valence-corrected chi connectivity index (χ2v) is 14.2. The number of carbonyl (C=O) groups is 1. The summed E-state index contributed by atoms with van der Waals surface area (Å²) in [5, 5.41) is 4.19. The molecule has 0 bridgehead atoms. The van der Waals surface area contributed by atoms with Gasteiger partial charge in [-0.15, -0.1) is 0 Å². The van der Waals surface area contributed by atoms with Crippen molar-refractivity contribution >= 4 is 32.4 Å². The lowest BCUT2D eigenvalue weighted by atomic mass is 9.75. The number of hydrogen-bond donors (Lipinski definition) is 1. The molecule has 1 aliphatic carbocycles. The fraction of sp³-hybridized carbons (Fsp3) is 0.536. The van der Waals surface area contributed by atoms with E-state index in [-0.39, 0.29) is 17.6 Å². The molecule has 2 amide bonds. The number of carbonyl (C=O) groups excluding carboxylic acids is 1. The zero-order valence-electron chi connectivity index (χ0n) is 21.9. The molecule has 2 unspecified atom stereocenters. The molecule has 0 radical (unpaired) electrons. The van der Waals surface area contributed by atoms with Crippen molar-refractivity contribution in [2.24, 2.45) is 11.3 Å². The van der Waals surface area contributed by atoms with Crippen molar-refractivity contribution < 1.29 is 14.0 Å². The monoisotopic (exact) mass is 514 g/mol. The Bertz CT molecular complexity index is 1050. The van der Waals surface area contributed by atoms with Crippen molar-refractivity contribution in [1.82, 2.24) is 5.32 Å². The van der Waals surface area contributed by atoms with Gasteiger partial charge < -0.3 is 14.5 Å². The van der Waals surface area contributed by atoms with E-state index >= 15 is 0 Å². The molecule has 2 aromatic carbocycles. The van der Waals surface area contributed by atoms with Gasteiger partial charge in [0.2, 0.25) is 0 Å². The average molecular weight is 515 g/mol. The molecule has 0 saturated heterocycles. The fourth-order valence-electron chi connectivity index (χ4n) is 5.30. The lowest BCUT2D eigenvalue weighted by Gasteiger charge is -2.46. The van der Waals surface area contributed by atoms with Crippen molar-refractivity contribution in [1.29, 1.82) is 0 Å². The van der Waals surface area contributed by atoms with E-state index in [0.717, 1.165) is 48.2 Å². The number of amides is 2. The molecule has 2 atom stereocenters. The lowest BCUT2D eigenvalue weighted by Crippen LogP contribution is -2.57. The van der Waals surface area contributed by atoms with Crippen LogP contribution in [0.2, 0.25) is 18.1 Å². The number of halogens is 1. The second-order valence-electron chi connectivity index (χ2n) is 11.3. The van der Waals surface area contributed by atoms with E-state index < -0.39 is 14.6 Å². The molecule has 2 aromatic rings. The van der Waals surface area contributed by atoms with Crippen LogP contribution in [-0.4, -0.2) is 28.3 Å². The number of rotatable bonds is 9. The van der Waals surface area contributed by atoms with Gasteiger partial charge in [-0.1, -0.05) is 44.5 Å². The summed E-state index contributed by atoms with van der Waals surface area (Å²) in [4.78, 5) is 15.5. The third-order valence-electron chi connectivity index (χ3n) is 7.28. The Morgan fingerprint density at radius 3 is 2.43 bits per heavy atom. The normalized spacial score (nSPS) is 21.0. The standard InChI is InChI=1S/C28H39ClN2O3Si/c1-27(2,3)25(34-35(5)6)15-16-28(20-9-10-20)23-17-21(29)11-14-24(23)31(26(32)30-28)18-19-7-12-22(33-4)13-8-19/h7-8,11-14,17,20,25,35H,9-10,15-16,18H2,1-6H3,(H,30,32). The zero-order chi connectivity index (χ0) is 25.4. The topological polar surface area (TPSA) is 50.8 Å². The van der Waals surface area contributed by atoms with Crippen LogP contribution in [0.4, 0.5) is 10.5 Å². The molecular formula is C28H39ClN2O3Si. The van der Waals surface area contributed by atoms with E-state index in [0.29, 0.717) is 17.5 Å². The van der Waals surface area contributed by atoms with Gasteiger partial charge in [-0.2, -0.15) is 0 Å². The number of ether oxygens (including phenoxy) is 1. The molecule has 1 fully saturated rings. The Labute approximate surface area is 216 Å². The second kappa shape index (κ2) is 10.2. The highest BCUT2D eigenvalue weighted by atomic mass is 35.5. The van der Waals surface area contributed by atoms with Gasteiger partial charge in [0.1, 0.15) is 5.75 Å². The van der Waals surface area contributed by atoms with E-state index in [1.165, 1.54) is 0 Å². The minimum atomic E-state index is -1.20. The first-order valence-electron chi connectivity index (χ1n) is 12.7. The highest BCUT2D eigenvalue weighted by Crippen LogP contribution is 2.53. The number of nitrogens with zero attached hydrogens (tertiary/aromatic N) is 1. The zero-order valence-corrected chi connectivity index (χ0v) is 23.8. The van der Waals surface area contributed by atoms with Crippen molar-refractivity contribution in [3.05, 3.63) is 58.6 Å². The molecule has 35 heavy (non-hydrogen) atoms. The molecule has 1 N–H and O–H groups in total. The van der Waals surface area contributed by atoms with E-state index in [4.69, 9.17) is 20.8 Å². The number of benzene rings is 2. The summed E-state index contributed by atoms with van der Waals surface area (Å²) in [5.41, 5.74) is 2.75. The summed E-state index contributed by atoms with van der Waals surface area (Å²) in [6.07, 6.45) is 4.13. The SMILES string of the molecule is COc1ccc(CN2C(=O)NC(CCC(O[SiH](C)C)C(C)(C)C)(C3CC3)c3cc(Cl)ccc32)cc1. The van der Waals surface area contributed by atoms with Crippen LogP contribution in [-0.2, 0) is 16.5 Å². The maximum absolute atomic E-state index is 13.7. The van der Waals surface area contributed by atoms with Crippen LogP contribution in [0, 0.1) is 11.3 Å². The van der Waals surface area contributed by atoms with E-state index in [9.17, 15) is 4.79 Å². The molecule has 2 aliphatic rings. The number of anilines is 1. The van der Waals surface area contributed by atoms with E-state index in [1.54, 1.807) is 7.11 Å². The van der Waals surface area contributed by atoms with Crippen LogP contribution in [0.25, 0.3) is 0 Å². The molecular weight excluding hydrogens is 476 g/mol. The third kappa shape index (κ3) is 5.70. The van der Waals surface area contributed by atoms with Crippen LogP contribution in [0.1, 0.15) is 57.6 Å². The van der Waals surface area contributed by atoms with Gasteiger partial charge in [0.25, 0.3) is 0 Å². The number of hydrogen-bond acceptors (Lipinski definition) is 3. The highest BCUT2D eigenvalue weighted by Gasteiger charge is 2.52. The summed E-state index contributed by atoms with van der Waals surface area (Å²) >= 11 is 6.55. The largest absolute Gasteiger partial charge is 0.497 e. The van der Waals surface area contributed by atoms with Gasteiger partial charge in [-0.3, -0.25) is 4.90 Å². The minimum Gasteiger partial charge on any atom is -0.497 e. The molecule has 190 valence electrons.